The molecule has 0 bridgehead atoms. The molecule has 1 aromatic rings. The van der Waals surface area contributed by atoms with Crippen LogP contribution in [0.15, 0.2) is 18.2 Å². The molecule has 3 nitrogen and oxygen atoms in total. The van der Waals surface area contributed by atoms with Crippen LogP contribution < -0.4 is 10.5 Å². The predicted molar refractivity (Wildman–Crippen MR) is 60.7 cm³/mol. The molecule has 16 heavy (non-hydrogen) atoms. The summed E-state index contributed by atoms with van der Waals surface area (Å²) in [5, 5.41) is 0. The average Bonchev–Trinajstić information content (AvgIpc) is 3.07. The number of hydrogen-bond donors (Lipinski definition) is 1. The first-order valence-corrected chi connectivity index (χ1v) is 5.79. The Morgan fingerprint density at radius 3 is 2.94 bits per heavy atom. The molecule has 1 aliphatic carbocycles. The number of hydrogen-bond acceptors (Lipinski definition) is 3. The minimum atomic E-state index is -0.601. The Morgan fingerprint density at radius 2 is 2.19 bits per heavy atom. The van der Waals surface area contributed by atoms with Gasteiger partial charge in [0.1, 0.15) is 5.75 Å². The van der Waals surface area contributed by atoms with Gasteiger partial charge in [0.15, 0.2) is 5.78 Å². The highest BCUT2D eigenvalue weighted by Gasteiger charge is 2.47. The first-order chi connectivity index (χ1) is 7.71. The Bertz CT molecular complexity index is 449. The van der Waals surface area contributed by atoms with Crippen molar-refractivity contribution in [2.75, 3.05) is 6.61 Å². The standard InChI is InChI=1S/C13H15NO2/c14-13(6-7-13)12(15)10-5-1-3-9-4-2-8-16-11(9)10/h1,3,5H,2,4,6-8,14H2. The molecule has 1 aromatic carbocycles. The summed E-state index contributed by atoms with van der Waals surface area (Å²) in [5.41, 5.74) is 7.17. The number of fused-ring (bicyclic) bond motifs is 1. The van der Waals surface area contributed by atoms with Gasteiger partial charge in [-0.25, -0.2) is 0 Å². The van der Waals surface area contributed by atoms with E-state index in [1.54, 1.807) is 0 Å². The largest absolute Gasteiger partial charge is 0.493 e. The second-order valence-corrected chi connectivity index (χ2v) is 4.73. The second kappa shape index (κ2) is 3.32. The van der Waals surface area contributed by atoms with Gasteiger partial charge in [-0.2, -0.15) is 0 Å². The quantitative estimate of drug-likeness (QED) is 0.767. The van der Waals surface area contributed by atoms with Crippen LogP contribution in [0.4, 0.5) is 0 Å². The number of benzene rings is 1. The van der Waals surface area contributed by atoms with E-state index in [1.807, 2.05) is 18.2 Å². The van der Waals surface area contributed by atoms with E-state index in [4.69, 9.17) is 10.5 Å². The maximum absolute atomic E-state index is 12.2. The highest BCUT2D eigenvalue weighted by Crippen LogP contribution is 2.39. The summed E-state index contributed by atoms with van der Waals surface area (Å²) >= 11 is 0. The molecule has 2 aliphatic rings. The van der Waals surface area contributed by atoms with Crippen molar-refractivity contribution in [1.82, 2.24) is 0 Å². The first kappa shape index (κ1) is 9.85. The molecule has 0 amide bonds. The van der Waals surface area contributed by atoms with Gasteiger partial charge in [-0.15, -0.1) is 0 Å². The molecular weight excluding hydrogens is 202 g/mol. The number of ether oxygens (including phenoxy) is 1. The number of para-hydroxylation sites is 1. The molecule has 1 saturated carbocycles. The van der Waals surface area contributed by atoms with Crippen LogP contribution in [0.2, 0.25) is 0 Å². The van der Waals surface area contributed by atoms with Crippen LogP contribution in [0.25, 0.3) is 0 Å². The molecule has 1 aliphatic heterocycles. The van der Waals surface area contributed by atoms with Crippen LogP contribution in [-0.2, 0) is 6.42 Å². The van der Waals surface area contributed by atoms with Crippen LogP contribution in [-0.4, -0.2) is 17.9 Å². The van der Waals surface area contributed by atoms with Crippen molar-refractivity contribution in [2.24, 2.45) is 5.73 Å². The highest BCUT2D eigenvalue weighted by molar-refractivity contribution is 6.07. The van der Waals surface area contributed by atoms with Crippen LogP contribution in [0, 0.1) is 0 Å². The van der Waals surface area contributed by atoms with E-state index in [0.29, 0.717) is 12.2 Å². The number of aryl methyl sites for hydroxylation is 1. The Morgan fingerprint density at radius 1 is 1.38 bits per heavy atom. The minimum absolute atomic E-state index is 0.0475. The molecular formula is C13H15NO2. The van der Waals surface area contributed by atoms with Gasteiger partial charge in [-0.05, 0) is 37.3 Å². The van der Waals surface area contributed by atoms with Crippen molar-refractivity contribution in [3.05, 3.63) is 29.3 Å². The van der Waals surface area contributed by atoms with E-state index in [9.17, 15) is 4.79 Å². The lowest BCUT2D eigenvalue weighted by Crippen LogP contribution is -2.33. The Hall–Kier alpha value is -1.35. The number of nitrogens with two attached hydrogens (primary N) is 1. The smallest absolute Gasteiger partial charge is 0.186 e. The van der Waals surface area contributed by atoms with E-state index in [0.717, 1.165) is 37.0 Å². The number of rotatable bonds is 2. The lowest BCUT2D eigenvalue weighted by atomic mass is 9.96. The molecule has 2 N–H and O–H groups in total. The molecule has 1 heterocycles. The van der Waals surface area contributed by atoms with Crippen LogP contribution in [0.3, 0.4) is 0 Å². The number of Topliss-reactive ketones (excluding diaryl/α,β-unsaturated/α-hetero) is 1. The topological polar surface area (TPSA) is 52.3 Å². The first-order valence-electron chi connectivity index (χ1n) is 5.79. The summed E-state index contributed by atoms with van der Waals surface area (Å²) in [6.45, 7) is 0.703. The lowest BCUT2D eigenvalue weighted by Gasteiger charge is -2.20. The maximum Gasteiger partial charge on any atom is 0.186 e. The fraction of sp³-hybridized carbons (Fsp3) is 0.462. The summed E-state index contributed by atoms with van der Waals surface area (Å²) in [6.07, 6.45) is 3.62. The molecule has 0 spiro atoms. The highest BCUT2D eigenvalue weighted by atomic mass is 16.5. The molecule has 0 aromatic heterocycles. The zero-order chi connectivity index (χ0) is 11.2. The zero-order valence-electron chi connectivity index (χ0n) is 9.16. The lowest BCUT2D eigenvalue weighted by molar-refractivity contribution is 0.0944. The fourth-order valence-corrected chi connectivity index (χ4v) is 2.20. The van der Waals surface area contributed by atoms with Gasteiger partial charge in [-0.3, -0.25) is 4.79 Å². The number of carbonyl (C=O) groups excluding carboxylic acids is 1. The van der Waals surface area contributed by atoms with Gasteiger partial charge < -0.3 is 10.5 Å². The minimum Gasteiger partial charge on any atom is -0.493 e. The summed E-state index contributed by atoms with van der Waals surface area (Å²) in [4.78, 5) is 12.2. The molecule has 84 valence electrons. The summed E-state index contributed by atoms with van der Waals surface area (Å²) in [6, 6.07) is 5.78. The van der Waals surface area contributed by atoms with Crippen molar-refractivity contribution < 1.29 is 9.53 Å². The molecule has 0 radical (unpaired) electrons. The van der Waals surface area contributed by atoms with E-state index < -0.39 is 5.54 Å². The Balaban J connectivity index is 2.03. The van der Waals surface area contributed by atoms with E-state index in [2.05, 4.69) is 0 Å². The van der Waals surface area contributed by atoms with Crippen molar-refractivity contribution in [1.29, 1.82) is 0 Å². The van der Waals surface area contributed by atoms with Crippen molar-refractivity contribution >= 4 is 5.78 Å². The van der Waals surface area contributed by atoms with Crippen molar-refractivity contribution in [2.45, 2.75) is 31.2 Å². The van der Waals surface area contributed by atoms with Gasteiger partial charge in [0.25, 0.3) is 0 Å². The van der Waals surface area contributed by atoms with Crippen molar-refractivity contribution in [3.63, 3.8) is 0 Å². The molecule has 0 unspecified atom stereocenters. The molecule has 3 heteroatoms. The normalized spacial score (nSPS) is 20.8. The summed E-state index contributed by atoms with van der Waals surface area (Å²) < 4.78 is 5.62. The zero-order valence-corrected chi connectivity index (χ0v) is 9.16. The van der Waals surface area contributed by atoms with Crippen molar-refractivity contribution in [3.8, 4) is 5.75 Å². The predicted octanol–water partition coefficient (Wildman–Crippen LogP) is 1.69. The number of carbonyl (C=O) groups is 1. The monoisotopic (exact) mass is 217 g/mol. The Kier molecular flexibility index (Phi) is 2.04. The van der Waals surface area contributed by atoms with E-state index >= 15 is 0 Å². The molecule has 1 fully saturated rings. The van der Waals surface area contributed by atoms with E-state index in [-0.39, 0.29) is 5.78 Å². The van der Waals surface area contributed by atoms with Gasteiger partial charge in [0.2, 0.25) is 0 Å². The van der Waals surface area contributed by atoms with Gasteiger partial charge >= 0.3 is 0 Å². The fourth-order valence-electron chi connectivity index (χ4n) is 2.20. The van der Waals surface area contributed by atoms with Crippen LogP contribution >= 0.6 is 0 Å². The Labute approximate surface area is 94.6 Å². The van der Waals surface area contributed by atoms with Gasteiger partial charge in [0.05, 0.1) is 17.7 Å². The third-order valence-electron chi connectivity index (χ3n) is 3.42. The SMILES string of the molecule is NC1(C(=O)c2cccc3c2OCCC3)CC1. The third-order valence-corrected chi connectivity index (χ3v) is 3.42. The third kappa shape index (κ3) is 1.43. The van der Waals surface area contributed by atoms with Crippen LogP contribution in [0.1, 0.15) is 35.2 Å². The summed E-state index contributed by atoms with van der Waals surface area (Å²) in [5.74, 6) is 0.821. The number of ketones is 1. The molecule has 0 atom stereocenters. The van der Waals surface area contributed by atoms with Gasteiger partial charge in [0, 0.05) is 0 Å². The average molecular weight is 217 g/mol. The molecule has 3 rings (SSSR count). The summed E-state index contributed by atoms with van der Waals surface area (Å²) in [7, 11) is 0. The van der Waals surface area contributed by atoms with Crippen LogP contribution in [0.5, 0.6) is 5.75 Å². The second-order valence-electron chi connectivity index (χ2n) is 4.73. The molecule has 0 saturated heterocycles. The van der Waals surface area contributed by atoms with E-state index in [1.165, 1.54) is 0 Å². The maximum atomic E-state index is 12.2. The van der Waals surface area contributed by atoms with Gasteiger partial charge in [-0.1, -0.05) is 12.1 Å².